The van der Waals surface area contributed by atoms with E-state index in [1.165, 1.54) is 0 Å². The second-order valence-corrected chi connectivity index (χ2v) is 5.87. The Balaban J connectivity index is 1.78. The smallest absolute Gasteiger partial charge is 0.251 e. The summed E-state index contributed by atoms with van der Waals surface area (Å²) in [6, 6.07) is 14.7. The SMILES string of the molecule is COc1ccc(C)c2cc(CCNC(=O)c3ccccc3)c(=O)[nH]c12. The summed E-state index contributed by atoms with van der Waals surface area (Å²) in [4.78, 5) is 27.3. The number of ether oxygens (including phenoxy) is 1. The first-order chi connectivity index (χ1) is 12.1. The van der Waals surface area contributed by atoms with Gasteiger partial charge in [0, 0.05) is 23.1 Å². The van der Waals surface area contributed by atoms with Crippen molar-refractivity contribution in [2.24, 2.45) is 0 Å². The molecule has 0 saturated heterocycles. The van der Waals surface area contributed by atoms with Gasteiger partial charge in [-0.3, -0.25) is 9.59 Å². The number of hydrogen-bond acceptors (Lipinski definition) is 3. The third-order valence-corrected chi connectivity index (χ3v) is 4.21. The van der Waals surface area contributed by atoms with Crippen LogP contribution in [0.4, 0.5) is 0 Å². The van der Waals surface area contributed by atoms with E-state index >= 15 is 0 Å². The summed E-state index contributed by atoms with van der Waals surface area (Å²) in [6.45, 7) is 2.38. The minimum Gasteiger partial charge on any atom is -0.495 e. The normalized spacial score (nSPS) is 10.6. The molecule has 2 aromatic carbocycles. The van der Waals surface area contributed by atoms with E-state index in [4.69, 9.17) is 4.74 Å². The average Bonchev–Trinajstić information content (AvgIpc) is 2.63. The number of pyridine rings is 1. The highest BCUT2D eigenvalue weighted by Gasteiger charge is 2.10. The molecule has 3 aromatic rings. The fourth-order valence-electron chi connectivity index (χ4n) is 2.81. The molecule has 0 spiro atoms. The van der Waals surface area contributed by atoms with Crippen molar-refractivity contribution in [2.45, 2.75) is 13.3 Å². The van der Waals surface area contributed by atoms with Crippen LogP contribution < -0.4 is 15.6 Å². The highest BCUT2D eigenvalue weighted by molar-refractivity contribution is 5.94. The molecule has 0 atom stereocenters. The van der Waals surface area contributed by atoms with Crippen LogP contribution in [0.5, 0.6) is 5.75 Å². The van der Waals surface area contributed by atoms with Crippen molar-refractivity contribution < 1.29 is 9.53 Å². The summed E-state index contributed by atoms with van der Waals surface area (Å²) in [5.74, 6) is 0.497. The van der Waals surface area contributed by atoms with Crippen molar-refractivity contribution >= 4 is 16.8 Å². The van der Waals surface area contributed by atoms with Crippen molar-refractivity contribution in [2.75, 3.05) is 13.7 Å². The van der Waals surface area contributed by atoms with E-state index in [1.807, 2.05) is 43.3 Å². The molecule has 2 N–H and O–H groups in total. The lowest BCUT2D eigenvalue weighted by Gasteiger charge is -2.10. The molecule has 1 aromatic heterocycles. The van der Waals surface area contributed by atoms with Gasteiger partial charge in [-0.1, -0.05) is 24.3 Å². The maximum atomic E-state index is 12.3. The number of amides is 1. The molecular formula is C20H20N2O3. The molecule has 0 saturated carbocycles. The van der Waals surface area contributed by atoms with Crippen LogP contribution in [0.15, 0.2) is 53.3 Å². The van der Waals surface area contributed by atoms with Gasteiger partial charge in [0.2, 0.25) is 0 Å². The Morgan fingerprint density at radius 3 is 2.64 bits per heavy atom. The first kappa shape index (κ1) is 16.8. The number of carbonyl (C=O) groups excluding carboxylic acids is 1. The Morgan fingerprint density at radius 2 is 1.92 bits per heavy atom. The Hall–Kier alpha value is -3.08. The van der Waals surface area contributed by atoms with E-state index in [9.17, 15) is 9.59 Å². The van der Waals surface area contributed by atoms with Gasteiger partial charge in [-0.25, -0.2) is 0 Å². The Kier molecular flexibility index (Phi) is 4.84. The van der Waals surface area contributed by atoms with Crippen LogP contribution in [0.2, 0.25) is 0 Å². The lowest BCUT2D eigenvalue weighted by atomic mass is 10.1. The number of aromatic amines is 1. The van der Waals surface area contributed by atoms with Crippen molar-refractivity contribution in [1.29, 1.82) is 0 Å². The number of methoxy groups -OCH3 is 1. The standard InChI is InChI=1S/C20H20N2O3/c1-13-8-9-17(25-2)18-16(13)12-15(20(24)22-18)10-11-21-19(23)14-6-4-3-5-7-14/h3-9,12H,10-11H2,1-2H3,(H,21,23)(H,22,24). The largest absolute Gasteiger partial charge is 0.495 e. The molecule has 3 rings (SSSR count). The summed E-state index contributed by atoms with van der Waals surface area (Å²) >= 11 is 0. The van der Waals surface area contributed by atoms with E-state index in [0.29, 0.717) is 35.4 Å². The maximum Gasteiger partial charge on any atom is 0.251 e. The number of aryl methyl sites for hydroxylation is 1. The highest BCUT2D eigenvalue weighted by Crippen LogP contribution is 2.25. The zero-order valence-electron chi connectivity index (χ0n) is 14.3. The molecule has 128 valence electrons. The van der Waals surface area contributed by atoms with Gasteiger partial charge in [-0.05, 0) is 43.2 Å². The maximum absolute atomic E-state index is 12.3. The number of carbonyl (C=O) groups is 1. The Bertz CT molecular complexity index is 962. The van der Waals surface area contributed by atoms with Gasteiger partial charge in [0.25, 0.3) is 11.5 Å². The van der Waals surface area contributed by atoms with Gasteiger partial charge >= 0.3 is 0 Å². The lowest BCUT2D eigenvalue weighted by molar-refractivity contribution is 0.0954. The van der Waals surface area contributed by atoms with Crippen LogP contribution in [-0.2, 0) is 6.42 Å². The van der Waals surface area contributed by atoms with Gasteiger partial charge < -0.3 is 15.0 Å². The topological polar surface area (TPSA) is 71.2 Å². The number of H-pyrrole nitrogens is 1. The fraction of sp³-hybridized carbons (Fsp3) is 0.200. The average molecular weight is 336 g/mol. The van der Waals surface area contributed by atoms with Crippen LogP contribution in [0.1, 0.15) is 21.5 Å². The van der Waals surface area contributed by atoms with Crippen molar-refractivity contribution in [3.8, 4) is 5.75 Å². The van der Waals surface area contributed by atoms with Crippen LogP contribution in [0, 0.1) is 6.92 Å². The second-order valence-electron chi connectivity index (χ2n) is 5.87. The minimum atomic E-state index is -0.162. The van der Waals surface area contributed by atoms with Crippen molar-refractivity contribution in [3.05, 3.63) is 75.6 Å². The van der Waals surface area contributed by atoms with E-state index < -0.39 is 0 Å². The van der Waals surface area contributed by atoms with Crippen LogP contribution in [0.3, 0.4) is 0 Å². The number of hydrogen-bond donors (Lipinski definition) is 2. The molecule has 5 heteroatoms. The molecule has 0 aliphatic carbocycles. The number of fused-ring (bicyclic) bond motifs is 1. The molecule has 5 nitrogen and oxygen atoms in total. The van der Waals surface area contributed by atoms with Gasteiger partial charge in [0.05, 0.1) is 12.6 Å². The van der Waals surface area contributed by atoms with Gasteiger partial charge in [-0.15, -0.1) is 0 Å². The van der Waals surface area contributed by atoms with Crippen LogP contribution in [0.25, 0.3) is 10.9 Å². The third kappa shape index (κ3) is 3.55. The first-order valence-corrected chi connectivity index (χ1v) is 8.13. The monoisotopic (exact) mass is 336 g/mol. The van der Waals surface area contributed by atoms with Gasteiger partial charge in [0.15, 0.2) is 0 Å². The predicted molar refractivity (Wildman–Crippen MR) is 98.3 cm³/mol. The Morgan fingerprint density at radius 1 is 1.16 bits per heavy atom. The van der Waals surface area contributed by atoms with Gasteiger partial charge in [-0.2, -0.15) is 0 Å². The van der Waals surface area contributed by atoms with Gasteiger partial charge in [0.1, 0.15) is 5.75 Å². The molecule has 25 heavy (non-hydrogen) atoms. The van der Waals surface area contributed by atoms with E-state index in [1.54, 1.807) is 19.2 Å². The molecule has 0 aliphatic heterocycles. The number of benzene rings is 2. The number of nitrogens with one attached hydrogen (secondary N) is 2. The zero-order valence-corrected chi connectivity index (χ0v) is 14.3. The predicted octanol–water partition coefficient (Wildman–Crippen LogP) is 2.82. The summed E-state index contributed by atoms with van der Waals surface area (Å²) in [7, 11) is 1.58. The molecule has 0 aliphatic rings. The van der Waals surface area contributed by atoms with Crippen molar-refractivity contribution in [1.82, 2.24) is 10.3 Å². The van der Waals surface area contributed by atoms with Crippen LogP contribution >= 0.6 is 0 Å². The second kappa shape index (κ2) is 7.21. The minimum absolute atomic E-state index is 0.143. The molecule has 1 heterocycles. The fourth-order valence-corrected chi connectivity index (χ4v) is 2.81. The first-order valence-electron chi connectivity index (χ1n) is 8.13. The zero-order chi connectivity index (χ0) is 17.8. The number of rotatable bonds is 5. The van der Waals surface area contributed by atoms with E-state index in [0.717, 1.165) is 10.9 Å². The van der Waals surface area contributed by atoms with E-state index in [2.05, 4.69) is 10.3 Å². The van der Waals surface area contributed by atoms with Crippen molar-refractivity contribution in [3.63, 3.8) is 0 Å². The van der Waals surface area contributed by atoms with Crippen LogP contribution in [-0.4, -0.2) is 24.5 Å². The molecule has 0 unspecified atom stereocenters. The summed E-state index contributed by atoms with van der Waals surface area (Å²) < 4.78 is 5.31. The molecule has 0 bridgehead atoms. The molecular weight excluding hydrogens is 316 g/mol. The molecule has 0 radical (unpaired) electrons. The molecule has 1 amide bonds. The number of aromatic nitrogens is 1. The summed E-state index contributed by atoms with van der Waals surface area (Å²) in [5.41, 5.74) is 2.84. The summed E-state index contributed by atoms with van der Waals surface area (Å²) in [5, 5.41) is 3.79. The van der Waals surface area contributed by atoms with E-state index in [-0.39, 0.29) is 11.5 Å². The molecule has 0 fully saturated rings. The quantitative estimate of drug-likeness (QED) is 0.752. The lowest BCUT2D eigenvalue weighted by Crippen LogP contribution is -2.27. The highest BCUT2D eigenvalue weighted by atomic mass is 16.5. The summed E-state index contributed by atoms with van der Waals surface area (Å²) in [6.07, 6.45) is 0.459. The Labute approximate surface area is 145 Å². The third-order valence-electron chi connectivity index (χ3n) is 4.21.